The maximum absolute atomic E-state index is 14.9. The van der Waals surface area contributed by atoms with E-state index in [2.05, 4.69) is 28.2 Å². The number of hydrogen-bond donors (Lipinski definition) is 2. The van der Waals surface area contributed by atoms with Gasteiger partial charge in [-0.1, -0.05) is 92.0 Å². The van der Waals surface area contributed by atoms with Gasteiger partial charge in [0.25, 0.3) is 0 Å². The van der Waals surface area contributed by atoms with Crippen LogP contribution in [0.15, 0.2) is 53.0 Å². The first-order valence-electron chi connectivity index (χ1n) is 17.5. The van der Waals surface area contributed by atoms with Crippen LogP contribution in [0.4, 0.5) is 0 Å². The quantitative estimate of drug-likeness (QED) is 0.197. The Labute approximate surface area is 297 Å². The summed E-state index contributed by atoms with van der Waals surface area (Å²) in [4.78, 5) is 60.6. The lowest BCUT2D eigenvalue weighted by molar-refractivity contribution is -0.163. The van der Waals surface area contributed by atoms with E-state index in [0.29, 0.717) is 29.4 Å². The van der Waals surface area contributed by atoms with Gasteiger partial charge in [0.2, 0.25) is 17.7 Å². The number of fused-ring (bicyclic) bond motifs is 2. The molecule has 8 atom stereocenters. The summed E-state index contributed by atoms with van der Waals surface area (Å²) < 4.78 is 19.0. The number of likely N-dealkylation sites (tertiary alicyclic amines) is 1. The van der Waals surface area contributed by atoms with Gasteiger partial charge in [0.05, 0.1) is 31.2 Å². The van der Waals surface area contributed by atoms with Gasteiger partial charge in [0.1, 0.15) is 29.8 Å². The van der Waals surface area contributed by atoms with E-state index in [0.717, 1.165) is 19.3 Å². The van der Waals surface area contributed by atoms with Crippen molar-refractivity contribution in [1.82, 2.24) is 15.1 Å². The number of unbranched alkanes of at least 4 members (excludes halogenated alkanes) is 2. The molecule has 2 fully saturated rings. The summed E-state index contributed by atoms with van der Waals surface area (Å²) in [6.45, 7) is 6.56. The Kier molecular flexibility index (Phi) is 12.4. The number of methoxy groups -OCH3 is 1. The Morgan fingerprint density at radius 3 is 2.51 bits per heavy atom. The molecule has 268 valence electrons. The highest BCUT2D eigenvalue weighted by atomic mass is 79.9. The third-order valence-electron chi connectivity index (χ3n) is 10.0. The number of carbonyl (C=O) groups is 4. The first-order valence-corrected chi connectivity index (χ1v) is 18.3. The Hall–Kier alpha value is -3.06. The van der Waals surface area contributed by atoms with E-state index >= 15 is 0 Å². The van der Waals surface area contributed by atoms with Gasteiger partial charge >= 0.3 is 5.97 Å². The Morgan fingerprint density at radius 2 is 1.84 bits per heavy atom. The van der Waals surface area contributed by atoms with Gasteiger partial charge in [-0.05, 0) is 36.8 Å². The molecule has 11 nitrogen and oxygen atoms in total. The van der Waals surface area contributed by atoms with E-state index in [9.17, 15) is 24.3 Å². The smallest absolute Gasteiger partial charge is 0.313 e. The minimum Gasteiger partial charge on any atom is -0.455 e. The topological polar surface area (TPSA) is 135 Å². The fraction of sp³-hybridized carbons (Fsp3) is 0.622. The number of rotatable bonds is 11. The molecule has 1 spiro atoms. The second-order valence-corrected chi connectivity index (χ2v) is 14.9. The van der Waals surface area contributed by atoms with Crippen molar-refractivity contribution in [2.75, 3.05) is 33.4 Å². The summed E-state index contributed by atoms with van der Waals surface area (Å²) in [7, 11) is 1.51. The van der Waals surface area contributed by atoms with E-state index in [1.165, 1.54) is 12.0 Å². The number of ether oxygens (including phenoxy) is 3. The molecular formula is C37H50BrN3O8. The van der Waals surface area contributed by atoms with Crippen LogP contribution in [0.2, 0.25) is 0 Å². The van der Waals surface area contributed by atoms with Gasteiger partial charge in [0.15, 0.2) is 0 Å². The summed E-state index contributed by atoms with van der Waals surface area (Å²) in [6, 6.07) is 6.63. The predicted octanol–water partition coefficient (Wildman–Crippen LogP) is 4.05. The number of nitrogens with one attached hydrogen (secondary N) is 1. The third kappa shape index (κ3) is 7.52. The number of nitrogens with zero attached hydrogens (tertiary/aromatic N) is 2. The molecule has 0 aliphatic carbocycles. The molecule has 0 radical (unpaired) electrons. The maximum Gasteiger partial charge on any atom is 0.313 e. The molecule has 5 rings (SSSR count). The first kappa shape index (κ1) is 37.2. The number of halogens is 1. The van der Waals surface area contributed by atoms with Crippen molar-refractivity contribution in [2.24, 2.45) is 17.8 Å². The van der Waals surface area contributed by atoms with E-state index in [1.54, 1.807) is 11.0 Å². The molecular weight excluding hydrogens is 694 g/mol. The first-order chi connectivity index (χ1) is 23.6. The normalized spacial score (nSPS) is 31.9. The molecule has 5 bridgehead atoms. The maximum atomic E-state index is 14.9. The molecule has 4 aliphatic rings. The van der Waals surface area contributed by atoms with Crippen LogP contribution in [0, 0.1) is 17.8 Å². The van der Waals surface area contributed by atoms with Crippen molar-refractivity contribution in [1.29, 1.82) is 0 Å². The van der Waals surface area contributed by atoms with E-state index < -0.39 is 59.6 Å². The number of carbonyl (C=O) groups excluding carboxylic acids is 4. The van der Waals surface area contributed by atoms with Crippen molar-refractivity contribution in [3.8, 4) is 0 Å². The minimum absolute atomic E-state index is 0.0688. The highest BCUT2D eigenvalue weighted by Crippen LogP contribution is 2.59. The number of esters is 1. The fourth-order valence-corrected chi connectivity index (χ4v) is 8.60. The van der Waals surface area contributed by atoms with Gasteiger partial charge in [0, 0.05) is 31.1 Å². The van der Waals surface area contributed by atoms with Crippen molar-refractivity contribution in [3.63, 3.8) is 0 Å². The van der Waals surface area contributed by atoms with Crippen LogP contribution in [0.1, 0.15) is 71.0 Å². The van der Waals surface area contributed by atoms with Gasteiger partial charge in [-0.15, -0.1) is 0 Å². The zero-order valence-corrected chi connectivity index (χ0v) is 30.5. The monoisotopic (exact) mass is 743 g/mol. The highest BCUT2D eigenvalue weighted by Gasteiger charge is 2.75. The fourth-order valence-electron chi connectivity index (χ4n) is 7.86. The number of allylic oxidation sites excluding steroid dienone is 1. The Morgan fingerprint density at radius 1 is 1.08 bits per heavy atom. The summed E-state index contributed by atoms with van der Waals surface area (Å²) in [6.07, 6.45) is 7.50. The Balaban J connectivity index is 1.64. The van der Waals surface area contributed by atoms with Crippen LogP contribution in [-0.2, 0) is 33.4 Å². The second-order valence-electron chi connectivity index (χ2n) is 13.9. The number of cyclic esters (lactones) is 1. The average molecular weight is 745 g/mol. The molecule has 2 N–H and O–H groups in total. The van der Waals surface area contributed by atoms with Gasteiger partial charge in [-0.25, -0.2) is 0 Å². The second kappa shape index (κ2) is 16.3. The molecule has 0 saturated carbocycles. The van der Waals surface area contributed by atoms with Crippen LogP contribution < -0.4 is 5.32 Å². The standard InChI is InChI=1S/C37H50BrN3O8/c1-5-6-12-17-40-18-13-8-11-16-28(43)39-27(22-47-4)31(24-14-9-7-10-15-24)48-36(46)29-30-34(44)41(25(21-42)19-23(2)3)33(35(40)45)37(30)20-26(38)32(29)49-37/h7-10,13-15,20,23,25,27,29-33,42H,5-6,11-12,16-19,21-22H2,1-4H3,(H,39,43)/b13-8-/t25-,27+,29-,30+,31+,32-,33-,37+/m1/s1. The largest absolute Gasteiger partial charge is 0.455 e. The average Bonchev–Trinajstić information content (AvgIpc) is 3.67. The SMILES string of the molecule is CCCCCN1C/C=C\CCC(=O)N[C@@H](COC)[C@H](c2ccccc2)OC(=O)[C@H]2[C@@H]3O[C@@]4(C=C3Br)[C@@H]2C(=O)N([C@@H](CO)CC(C)C)[C@@H]4C1=O. The third-order valence-corrected chi connectivity index (χ3v) is 10.7. The molecule has 0 aromatic heterocycles. The minimum atomic E-state index is -1.45. The van der Waals surface area contributed by atoms with Crippen molar-refractivity contribution < 1.29 is 38.5 Å². The molecule has 49 heavy (non-hydrogen) atoms. The summed E-state index contributed by atoms with van der Waals surface area (Å²) >= 11 is 3.62. The summed E-state index contributed by atoms with van der Waals surface area (Å²) in [5.74, 6) is -3.65. The molecule has 3 amide bonds. The van der Waals surface area contributed by atoms with Crippen molar-refractivity contribution in [2.45, 2.75) is 95.2 Å². The zero-order valence-electron chi connectivity index (χ0n) is 28.9. The van der Waals surface area contributed by atoms with Crippen LogP contribution in [0.25, 0.3) is 0 Å². The van der Waals surface area contributed by atoms with Crippen LogP contribution in [0.3, 0.4) is 0 Å². The predicted molar refractivity (Wildman–Crippen MR) is 186 cm³/mol. The molecule has 2 saturated heterocycles. The molecule has 0 unspecified atom stereocenters. The molecule has 12 heteroatoms. The Bertz CT molecular complexity index is 1420. The number of aliphatic hydroxyl groups is 1. The van der Waals surface area contributed by atoms with E-state index in [4.69, 9.17) is 14.2 Å². The van der Waals surface area contributed by atoms with E-state index in [1.807, 2.05) is 56.3 Å². The van der Waals surface area contributed by atoms with Gasteiger partial charge in [-0.2, -0.15) is 0 Å². The summed E-state index contributed by atoms with van der Waals surface area (Å²) in [5, 5.41) is 13.7. The lowest BCUT2D eigenvalue weighted by Crippen LogP contribution is -2.58. The van der Waals surface area contributed by atoms with Crippen LogP contribution >= 0.6 is 15.9 Å². The number of amides is 3. The van der Waals surface area contributed by atoms with Crippen LogP contribution in [0.5, 0.6) is 0 Å². The molecule has 1 aromatic rings. The van der Waals surface area contributed by atoms with Crippen molar-refractivity contribution in [3.05, 3.63) is 58.6 Å². The number of benzene rings is 1. The molecule has 4 aliphatic heterocycles. The van der Waals surface area contributed by atoms with Gasteiger partial charge < -0.3 is 34.4 Å². The van der Waals surface area contributed by atoms with E-state index in [-0.39, 0.29) is 43.9 Å². The van der Waals surface area contributed by atoms with Crippen LogP contribution in [-0.4, -0.2) is 102 Å². The zero-order chi connectivity index (χ0) is 35.3. The number of aliphatic hydroxyl groups excluding tert-OH is 1. The lowest BCUT2D eigenvalue weighted by Gasteiger charge is -2.39. The highest BCUT2D eigenvalue weighted by molar-refractivity contribution is 9.11. The van der Waals surface area contributed by atoms with Crippen molar-refractivity contribution >= 4 is 39.6 Å². The lowest BCUT2D eigenvalue weighted by atomic mass is 9.74. The number of hydrogen-bond acceptors (Lipinski definition) is 8. The molecule has 4 heterocycles. The summed E-state index contributed by atoms with van der Waals surface area (Å²) in [5.41, 5.74) is -0.800. The molecule has 1 aromatic carbocycles. The van der Waals surface area contributed by atoms with Gasteiger partial charge in [-0.3, -0.25) is 19.2 Å².